The second kappa shape index (κ2) is 6.40. The zero-order valence-corrected chi connectivity index (χ0v) is 12.4. The van der Waals surface area contributed by atoms with Crippen molar-refractivity contribution in [1.29, 1.82) is 0 Å². The van der Waals surface area contributed by atoms with Gasteiger partial charge in [0.15, 0.2) is 0 Å². The van der Waals surface area contributed by atoms with Crippen molar-refractivity contribution in [3.05, 3.63) is 29.8 Å². The minimum absolute atomic E-state index is 0.127. The van der Waals surface area contributed by atoms with Crippen molar-refractivity contribution in [1.82, 2.24) is 10.2 Å². The van der Waals surface area contributed by atoms with Gasteiger partial charge in [-0.05, 0) is 58.0 Å². The minimum Gasteiger partial charge on any atom is -0.488 e. The molecule has 1 heterocycles. The van der Waals surface area contributed by atoms with E-state index < -0.39 is 0 Å². The Labute approximate surface area is 116 Å². The van der Waals surface area contributed by atoms with Crippen LogP contribution in [0.5, 0.6) is 5.75 Å². The molecule has 1 saturated heterocycles. The van der Waals surface area contributed by atoms with E-state index in [4.69, 9.17) is 4.74 Å². The Balaban J connectivity index is 1.90. The monoisotopic (exact) mass is 262 g/mol. The second-order valence-electron chi connectivity index (χ2n) is 6.24. The highest BCUT2D eigenvalue weighted by atomic mass is 16.5. The van der Waals surface area contributed by atoms with Crippen molar-refractivity contribution in [2.45, 2.75) is 39.3 Å². The normalized spacial score (nSPS) is 18.1. The number of nitrogens with one attached hydrogen (secondary N) is 1. The van der Waals surface area contributed by atoms with Gasteiger partial charge in [0.05, 0.1) is 0 Å². The number of benzene rings is 1. The third-order valence-corrected chi connectivity index (χ3v) is 3.19. The maximum Gasteiger partial charge on any atom is 0.120 e. The third-order valence-electron chi connectivity index (χ3n) is 3.19. The lowest BCUT2D eigenvalue weighted by atomic mass is 10.1. The fraction of sp³-hybridized carbons (Fsp3) is 0.625. The predicted molar refractivity (Wildman–Crippen MR) is 79.6 cm³/mol. The molecule has 1 fully saturated rings. The number of rotatable bonds is 3. The molecule has 1 aliphatic heterocycles. The molecule has 0 bridgehead atoms. The lowest BCUT2D eigenvalue weighted by molar-refractivity contribution is 0.131. The molecule has 0 spiro atoms. The van der Waals surface area contributed by atoms with E-state index in [1.54, 1.807) is 0 Å². The fourth-order valence-electron chi connectivity index (χ4n) is 2.33. The number of nitrogens with zero attached hydrogens (tertiary/aromatic N) is 1. The van der Waals surface area contributed by atoms with Gasteiger partial charge in [-0.25, -0.2) is 0 Å². The van der Waals surface area contributed by atoms with Crippen molar-refractivity contribution >= 4 is 0 Å². The number of hydrogen-bond donors (Lipinski definition) is 1. The van der Waals surface area contributed by atoms with Crippen LogP contribution in [0.4, 0.5) is 0 Å². The topological polar surface area (TPSA) is 24.5 Å². The highest BCUT2D eigenvalue weighted by molar-refractivity contribution is 5.27. The summed E-state index contributed by atoms with van der Waals surface area (Å²) >= 11 is 0. The molecule has 19 heavy (non-hydrogen) atoms. The van der Waals surface area contributed by atoms with Crippen LogP contribution < -0.4 is 10.1 Å². The summed E-state index contributed by atoms with van der Waals surface area (Å²) in [4.78, 5) is 2.51. The van der Waals surface area contributed by atoms with E-state index in [-0.39, 0.29) is 5.60 Å². The molecule has 2 rings (SSSR count). The molecule has 0 aromatic heterocycles. The van der Waals surface area contributed by atoms with Gasteiger partial charge < -0.3 is 10.1 Å². The van der Waals surface area contributed by atoms with E-state index in [2.05, 4.69) is 55.3 Å². The average molecular weight is 262 g/mol. The third kappa shape index (κ3) is 5.21. The average Bonchev–Trinajstić information content (AvgIpc) is 2.58. The van der Waals surface area contributed by atoms with Gasteiger partial charge in [0.25, 0.3) is 0 Å². The van der Waals surface area contributed by atoms with Crippen LogP contribution in [-0.4, -0.2) is 36.7 Å². The first-order valence-corrected chi connectivity index (χ1v) is 7.24. The smallest absolute Gasteiger partial charge is 0.120 e. The van der Waals surface area contributed by atoms with Crippen LogP contribution in [0.25, 0.3) is 0 Å². The Morgan fingerprint density at radius 3 is 2.53 bits per heavy atom. The Hall–Kier alpha value is -1.06. The van der Waals surface area contributed by atoms with Crippen molar-refractivity contribution in [3.8, 4) is 5.75 Å². The molecule has 0 unspecified atom stereocenters. The minimum atomic E-state index is -0.127. The van der Waals surface area contributed by atoms with Crippen LogP contribution >= 0.6 is 0 Å². The second-order valence-corrected chi connectivity index (χ2v) is 6.24. The predicted octanol–water partition coefficient (Wildman–Crippen LogP) is 2.66. The van der Waals surface area contributed by atoms with E-state index in [1.807, 2.05) is 0 Å². The summed E-state index contributed by atoms with van der Waals surface area (Å²) < 4.78 is 5.84. The molecule has 0 aliphatic carbocycles. The summed E-state index contributed by atoms with van der Waals surface area (Å²) in [5, 5.41) is 3.44. The zero-order chi connectivity index (χ0) is 13.7. The Bertz CT molecular complexity index is 373. The van der Waals surface area contributed by atoms with Gasteiger partial charge in [0, 0.05) is 19.6 Å². The van der Waals surface area contributed by atoms with Crippen molar-refractivity contribution in [3.63, 3.8) is 0 Å². The van der Waals surface area contributed by atoms with Crippen LogP contribution in [-0.2, 0) is 6.54 Å². The van der Waals surface area contributed by atoms with Gasteiger partial charge in [-0.15, -0.1) is 0 Å². The molecule has 106 valence electrons. The van der Waals surface area contributed by atoms with E-state index in [0.717, 1.165) is 31.9 Å². The first kappa shape index (κ1) is 14.4. The lowest BCUT2D eigenvalue weighted by Crippen LogP contribution is -2.27. The van der Waals surface area contributed by atoms with E-state index in [9.17, 15) is 0 Å². The van der Waals surface area contributed by atoms with Gasteiger partial charge in [-0.2, -0.15) is 0 Å². The SMILES string of the molecule is CC(C)(C)Oc1ccc(CN2CCCNCC2)cc1. The molecule has 3 heteroatoms. The Morgan fingerprint density at radius 1 is 1.11 bits per heavy atom. The molecule has 0 atom stereocenters. The summed E-state index contributed by atoms with van der Waals surface area (Å²) in [6.45, 7) is 11.8. The van der Waals surface area contributed by atoms with E-state index >= 15 is 0 Å². The first-order chi connectivity index (χ1) is 9.03. The van der Waals surface area contributed by atoms with E-state index in [1.165, 1.54) is 18.5 Å². The standard InChI is InChI=1S/C16H26N2O/c1-16(2,3)19-15-7-5-14(6-8-15)13-18-11-4-9-17-10-12-18/h5-8,17H,4,9-13H2,1-3H3. The number of ether oxygens (including phenoxy) is 1. The van der Waals surface area contributed by atoms with Gasteiger partial charge >= 0.3 is 0 Å². The molecular formula is C16H26N2O. The van der Waals surface area contributed by atoms with Gasteiger partial charge in [-0.3, -0.25) is 4.90 Å². The lowest BCUT2D eigenvalue weighted by Gasteiger charge is -2.22. The maximum atomic E-state index is 5.84. The van der Waals surface area contributed by atoms with Gasteiger partial charge in [-0.1, -0.05) is 12.1 Å². The molecule has 0 saturated carbocycles. The quantitative estimate of drug-likeness (QED) is 0.906. The Kier molecular flexibility index (Phi) is 4.83. The number of hydrogen-bond acceptors (Lipinski definition) is 3. The largest absolute Gasteiger partial charge is 0.488 e. The molecule has 3 nitrogen and oxygen atoms in total. The van der Waals surface area contributed by atoms with Crippen LogP contribution in [0.2, 0.25) is 0 Å². The molecule has 1 N–H and O–H groups in total. The van der Waals surface area contributed by atoms with Crippen molar-refractivity contribution < 1.29 is 4.74 Å². The highest BCUT2D eigenvalue weighted by Crippen LogP contribution is 2.19. The molecule has 1 aromatic rings. The van der Waals surface area contributed by atoms with Gasteiger partial charge in [0.2, 0.25) is 0 Å². The van der Waals surface area contributed by atoms with Gasteiger partial charge in [0.1, 0.15) is 11.4 Å². The van der Waals surface area contributed by atoms with Crippen molar-refractivity contribution in [2.24, 2.45) is 0 Å². The summed E-state index contributed by atoms with van der Waals surface area (Å²) in [7, 11) is 0. The summed E-state index contributed by atoms with van der Waals surface area (Å²) in [6, 6.07) is 8.52. The molecular weight excluding hydrogens is 236 g/mol. The summed E-state index contributed by atoms with van der Waals surface area (Å²) in [6.07, 6.45) is 1.24. The van der Waals surface area contributed by atoms with E-state index in [0.29, 0.717) is 0 Å². The van der Waals surface area contributed by atoms with Crippen LogP contribution in [0.1, 0.15) is 32.8 Å². The molecule has 0 amide bonds. The molecule has 1 aliphatic rings. The Morgan fingerprint density at radius 2 is 1.84 bits per heavy atom. The zero-order valence-electron chi connectivity index (χ0n) is 12.4. The first-order valence-electron chi connectivity index (χ1n) is 7.24. The fourth-order valence-corrected chi connectivity index (χ4v) is 2.33. The molecule has 1 aromatic carbocycles. The molecule has 0 radical (unpaired) electrons. The maximum absolute atomic E-state index is 5.84. The highest BCUT2D eigenvalue weighted by Gasteiger charge is 2.12. The van der Waals surface area contributed by atoms with Crippen molar-refractivity contribution in [2.75, 3.05) is 26.2 Å². The van der Waals surface area contributed by atoms with Crippen LogP contribution in [0.3, 0.4) is 0 Å². The summed E-state index contributed by atoms with van der Waals surface area (Å²) in [5.74, 6) is 0.953. The van der Waals surface area contributed by atoms with Crippen LogP contribution in [0.15, 0.2) is 24.3 Å². The summed E-state index contributed by atoms with van der Waals surface area (Å²) in [5.41, 5.74) is 1.24. The van der Waals surface area contributed by atoms with Crippen LogP contribution in [0, 0.1) is 0 Å².